The van der Waals surface area contributed by atoms with Gasteiger partial charge in [0, 0.05) is 11.6 Å². The highest BCUT2D eigenvalue weighted by Gasteiger charge is 2.22. The van der Waals surface area contributed by atoms with Crippen molar-refractivity contribution in [3.8, 4) is 11.1 Å². The molecule has 0 aromatic heterocycles. The highest BCUT2D eigenvalue weighted by molar-refractivity contribution is 5.96. The minimum atomic E-state index is 0.0679. The molecular weight excluding hydrogens is 284 g/mol. The molecule has 2 aliphatic rings. The molecule has 1 heterocycles. The summed E-state index contributed by atoms with van der Waals surface area (Å²) in [6.45, 7) is 2.12. The first-order chi connectivity index (χ1) is 11.2. The lowest BCUT2D eigenvalue weighted by atomic mass is 10.0. The first-order valence-electron chi connectivity index (χ1n) is 8.41. The van der Waals surface area contributed by atoms with Crippen molar-refractivity contribution in [1.29, 1.82) is 0 Å². The lowest BCUT2D eigenvalue weighted by Crippen LogP contribution is -2.43. The molecule has 0 saturated carbocycles. The number of nitrogens with one attached hydrogen (secondary N) is 1. The van der Waals surface area contributed by atoms with Gasteiger partial charge in [-0.25, -0.2) is 0 Å². The normalized spacial score (nSPS) is 17.6. The van der Waals surface area contributed by atoms with Gasteiger partial charge in [0.15, 0.2) is 0 Å². The maximum atomic E-state index is 12.5. The Balaban J connectivity index is 1.51. The smallest absolute Gasteiger partial charge is 0.251 e. The first kappa shape index (κ1) is 14.5. The van der Waals surface area contributed by atoms with Crippen LogP contribution in [0.1, 0.15) is 34.3 Å². The average Bonchev–Trinajstić information content (AvgIpc) is 2.94. The Morgan fingerprint density at radius 3 is 2.61 bits per heavy atom. The molecule has 118 valence electrons. The van der Waals surface area contributed by atoms with Gasteiger partial charge in [0.25, 0.3) is 5.91 Å². The molecule has 0 bridgehead atoms. The fourth-order valence-electron chi connectivity index (χ4n) is 3.71. The Bertz CT molecular complexity index is 745. The second kappa shape index (κ2) is 5.82. The van der Waals surface area contributed by atoms with E-state index < -0.39 is 0 Å². The standard InChI is InChI=1S/C20H22N2O/c1-22-10-8-17(9-11-22)21-20(23)15-6-7-19-16(13-15)12-14-4-2-3-5-18(14)19/h2-7,13,17H,8-12H2,1H3,(H,21,23). The fourth-order valence-corrected chi connectivity index (χ4v) is 3.71. The van der Waals surface area contributed by atoms with Crippen LogP contribution in [0.5, 0.6) is 0 Å². The van der Waals surface area contributed by atoms with Crippen LogP contribution in [0.15, 0.2) is 42.5 Å². The Hall–Kier alpha value is -2.13. The molecule has 1 fully saturated rings. The second-order valence-corrected chi connectivity index (χ2v) is 6.76. The average molecular weight is 306 g/mol. The molecule has 1 aliphatic carbocycles. The van der Waals surface area contributed by atoms with Crippen molar-refractivity contribution in [1.82, 2.24) is 10.2 Å². The number of rotatable bonds is 2. The van der Waals surface area contributed by atoms with E-state index in [2.05, 4.69) is 53.7 Å². The van der Waals surface area contributed by atoms with E-state index in [1.165, 1.54) is 22.3 Å². The van der Waals surface area contributed by atoms with Gasteiger partial charge in [0.1, 0.15) is 0 Å². The molecule has 1 saturated heterocycles. The molecule has 0 radical (unpaired) electrons. The van der Waals surface area contributed by atoms with Crippen LogP contribution in [0.3, 0.4) is 0 Å². The van der Waals surface area contributed by atoms with E-state index in [1.807, 2.05) is 6.07 Å². The number of amides is 1. The van der Waals surface area contributed by atoms with Crippen molar-refractivity contribution >= 4 is 5.91 Å². The van der Waals surface area contributed by atoms with Crippen LogP contribution in [-0.4, -0.2) is 37.0 Å². The summed E-state index contributed by atoms with van der Waals surface area (Å²) in [6.07, 6.45) is 3.01. The number of carbonyl (C=O) groups is 1. The maximum absolute atomic E-state index is 12.5. The molecule has 2 aromatic carbocycles. The zero-order valence-corrected chi connectivity index (χ0v) is 13.5. The summed E-state index contributed by atoms with van der Waals surface area (Å²) in [5.41, 5.74) is 5.99. The van der Waals surface area contributed by atoms with Crippen LogP contribution in [-0.2, 0) is 6.42 Å². The van der Waals surface area contributed by atoms with Gasteiger partial charge in [0.2, 0.25) is 0 Å². The predicted molar refractivity (Wildman–Crippen MR) is 92.7 cm³/mol. The zero-order valence-electron chi connectivity index (χ0n) is 13.5. The van der Waals surface area contributed by atoms with E-state index in [0.717, 1.165) is 37.9 Å². The molecule has 0 spiro atoms. The lowest BCUT2D eigenvalue weighted by molar-refractivity contribution is 0.0917. The third-order valence-electron chi connectivity index (χ3n) is 5.11. The van der Waals surface area contributed by atoms with E-state index in [0.29, 0.717) is 6.04 Å². The molecule has 1 aliphatic heterocycles. The number of hydrogen-bond acceptors (Lipinski definition) is 2. The molecule has 4 rings (SSSR count). The molecule has 3 nitrogen and oxygen atoms in total. The van der Waals surface area contributed by atoms with Crippen LogP contribution in [0.2, 0.25) is 0 Å². The van der Waals surface area contributed by atoms with E-state index >= 15 is 0 Å². The Morgan fingerprint density at radius 2 is 1.78 bits per heavy atom. The molecular formula is C20H22N2O. The van der Waals surface area contributed by atoms with Crippen LogP contribution in [0.25, 0.3) is 11.1 Å². The minimum Gasteiger partial charge on any atom is -0.349 e. The topological polar surface area (TPSA) is 32.3 Å². The van der Waals surface area contributed by atoms with Crippen molar-refractivity contribution in [3.05, 3.63) is 59.2 Å². The van der Waals surface area contributed by atoms with E-state index in [1.54, 1.807) is 0 Å². The summed E-state index contributed by atoms with van der Waals surface area (Å²) in [4.78, 5) is 14.9. The number of hydrogen-bond donors (Lipinski definition) is 1. The highest BCUT2D eigenvalue weighted by atomic mass is 16.1. The van der Waals surface area contributed by atoms with Gasteiger partial charge >= 0.3 is 0 Å². The second-order valence-electron chi connectivity index (χ2n) is 6.76. The van der Waals surface area contributed by atoms with Crippen molar-refractivity contribution in [2.24, 2.45) is 0 Å². The summed E-state index contributed by atoms with van der Waals surface area (Å²) in [6, 6.07) is 14.9. The quantitative estimate of drug-likeness (QED) is 0.789. The summed E-state index contributed by atoms with van der Waals surface area (Å²) in [7, 11) is 2.14. The fraction of sp³-hybridized carbons (Fsp3) is 0.350. The first-order valence-corrected chi connectivity index (χ1v) is 8.41. The molecule has 2 aromatic rings. The van der Waals surface area contributed by atoms with Gasteiger partial charge in [-0.3, -0.25) is 4.79 Å². The summed E-state index contributed by atoms with van der Waals surface area (Å²) in [5, 5.41) is 3.20. The predicted octanol–water partition coefficient (Wildman–Crippen LogP) is 3.08. The van der Waals surface area contributed by atoms with Crippen LogP contribution < -0.4 is 5.32 Å². The number of fused-ring (bicyclic) bond motifs is 3. The van der Waals surface area contributed by atoms with Gasteiger partial charge in [0.05, 0.1) is 0 Å². The molecule has 3 heteroatoms. The lowest BCUT2D eigenvalue weighted by Gasteiger charge is -2.29. The van der Waals surface area contributed by atoms with Crippen molar-refractivity contribution in [2.45, 2.75) is 25.3 Å². The van der Waals surface area contributed by atoms with Crippen molar-refractivity contribution in [2.75, 3.05) is 20.1 Å². The third kappa shape index (κ3) is 2.77. The van der Waals surface area contributed by atoms with Crippen LogP contribution >= 0.6 is 0 Å². The molecule has 0 unspecified atom stereocenters. The van der Waals surface area contributed by atoms with Crippen LogP contribution in [0, 0.1) is 0 Å². The monoisotopic (exact) mass is 306 g/mol. The number of carbonyl (C=O) groups excluding carboxylic acids is 1. The molecule has 1 N–H and O–H groups in total. The van der Waals surface area contributed by atoms with Gasteiger partial charge in [-0.2, -0.15) is 0 Å². The van der Waals surface area contributed by atoms with E-state index in [-0.39, 0.29) is 5.91 Å². The summed E-state index contributed by atoms with van der Waals surface area (Å²) < 4.78 is 0. The largest absolute Gasteiger partial charge is 0.349 e. The summed E-state index contributed by atoms with van der Waals surface area (Å²) >= 11 is 0. The van der Waals surface area contributed by atoms with Gasteiger partial charge in [-0.15, -0.1) is 0 Å². The van der Waals surface area contributed by atoms with Crippen molar-refractivity contribution < 1.29 is 4.79 Å². The van der Waals surface area contributed by atoms with E-state index in [9.17, 15) is 4.79 Å². The van der Waals surface area contributed by atoms with Gasteiger partial charge < -0.3 is 10.2 Å². The molecule has 1 amide bonds. The number of likely N-dealkylation sites (tertiary alicyclic amines) is 1. The minimum absolute atomic E-state index is 0.0679. The Morgan fingerprint density at radius 1 is 1.04 bits per heavy atom. The van der Waals surface area contributed by atoms with Gasteiger partial charge in [-0.05, 0) is 73.8 Å². The SMILES string of the molecule is CN1CCC(NC(=O)c2ccc3c(c2)Cc2ccccc2-3)CC1. The van der Waals surface area contributed by atoms with Crippen LogP contribution in [0.4, 0.5) is 0 Å². The number of benzene rings is 2. The van der Waals surface area contributed by atoms with Crippen molar-refractivity contribution in [3.63, 3.8) is 0 Å². The third-order valence-corrected chi connectivity index (χ3v) is 5.11. The highest BCUT2D eigenvalue weighted by Crippen LogP contribution is 2.36. The zero-order chi connectivity index (χ0) is 15.8. The summed E-state index contributed by atoms with van der Waals surface area (Å²) in [5.74, 6) is 0.0679. The number of piperidine rings is 1. The number of nitrogens with zero attached hydrogens (tertiary/aromatic N) is 1. The Labute approximate surface area is 137 Å². The van der Waals surface area contributed by atoms with E-state index in [4.69, 9.17) is 0 Å². The maximum Gasteiger partial charge on any atom is 0.251 e. The van der Waals surface area contributed by atoms with Gasteiger partial charge in [-0.1, -0.05) is 30.3 Å². The Kier molecular flexibility index (Phi) is 3.66. The molecule has 23 heavy (non-hydrogen) atoms. The molecule has 0 atom stereocenters.